The number of morpholine rings is 1. The molecular formula is C22H36N2O3. The number of hydrogen-bond donors (Lipinski definition) is 2. The molecule has 1 heterocycles. The van der Waals surface area contributed by atoms with Crippen molar-refractivity contribution in [1.29, 1.82) is 0 Å². The standard InChI is InChI=1S/C22H36N2O3/c1-15(2)18-14-17(24-9-11-27-12-10-24)13-16(3)20(18)21(26)23-8-7-19(25)22(4,5)6/h13-15,19,25H,7-12H2,1-6H3,(H,23,26)/t19-/m1/s1. The van der Waals surface area contributed by atoms with Crippen LogP contribution < -0.4 is 10.2 Å². The Morgan fingerprint density at radius 1 is 1.26 bits per heavy atom. The van der Waals surface area contributed by atoms with Crippen molar-refractivity contribution in [2.75, 3.05) is 37.7 Å². The smallest absolute Gasteiger partial charge is 0.251 e. The predicted octanol–water partition coefficient (Wildman–Crippen LogP) is 3.48. The van der Waals surface area contributed by atoms with Crippen molar-refractivity contribution >= 4 is 11.6 Å². The molecule has 2 N–H and O–H groups in total. The molecule has 152 valence electrons. The van der Waals surface area contributed by atoms with E-state index in [0.717, 1.165) is 43.0 Å². The average molecular weight is 377 g/mol. The second-order valence-electron chi connectivity index (χ2n) is 8.91. The molecule has 1 aromatic rings. The minimum absolute atomic E-state index is 0.0502. The molecule has 1 fully saturated rings. The molecule has 0 bridgehead atoms. The van der Waals surface area contributed by atoms with Crippen LogP contribution in [-0.2, 0) is 4.74 Å². The van der Waals surface area contributed by atoms with Gasteiger partial charge < -0.3 is 20.1 Å². The van der Waals surface area contributed by atoms with E-state index in [1.807, 2.05) is 27.7 Å². The third kappa shape index (κ3) is 5.69. The normalized spacial score (nSPS) is 16.5. The minimum atomic E-state index is -0.438. The molecule has 5 heteroatoms. The maximum Gasteiger partial charge on any atom is 0.251 e. The number of carbonyl (C=O) groups is 1. The summed E-state index contributed by atoms with van der Waals surface area (Å²) in [5, 5.41) is 13.2. The molecule has 0 saturated carbocycles. The van der Waals surface area contributed by atoms with Crippen LogP contribution in [0.2, 0.25) is 0 Å². The predicted molar refractivity (Wildman–Crippen MR) is 111 cm³/mol. The molecule has 0 aromatic heterocycles. The molecule has 2 rings (SSSR count). The van der Waals surface area contributed by atoms with Crippen LogP contribution in [0.1, 0.15) is 68.4 Å². The highest BCUT2D eigenvalue weighted by Crippen LogP contribution is 2.29. The van der Waals surface area contributed by atoms with Crippen LogP contribution in [0.3, 0.4) is 0 Å². The van der Waals surface area contributed by atoms with Crippen LogP contribution in [0.25, 0.3) is 0 Å². The van der Waals surface area contributed by atoms with Crippen molar-refractivity contribution < 1.29 is 14.6 Å². The minimum Gasteiger partial charge on any atom is -0.393 e. The van der Waals surface area contributed by atoms with E-state index in [-0.39, 0.29) is 17.2 Å². The molecule has 0 spiro atoms. The first-order valence-electron chi connectivity index (χ1n) is 10.0. The molecule has 27 heavy (non-hydrogen) atoms. The number of hydrogen-bond acceptors (Lipinski definition) is 4. The Morgan fingerprint density at radius 2 is 1.89 bits per heavy atom. The fraction of sp³-hybridized carbons (Fsp3) is 0.682. The number of aliphatic hydroxyl groups is 1. The number of anilines is 1. The lowest BCUT2D eigenvalue weighted by Gasteiger charge is -2.30. The Labute approximate surface area is 164 Å². The Bertz CT molecular complexity index is 644. The van der Waals surface area contributed by atoms with Gasteiger partial charge in [-0.2, -0.15) is 0 Å². The lowest BCUT2D eigenvalue weighted by molar-refractivity contribution is 0.0551. The maximum atomic E-state index is 12.9. The van der Waals surface area contributed by atoms with E-state index in [0.29, 0.717) is 13.0 Å². The summed E-state index contributed by atoms with van der Waals surface area (Å²) in [5.41, 5.74) is 3.83. The summed E-state index contributed by atoms with van der Waals surface area (Å²) in [6.45, 7) is 16.0. The largest absolute Gasteiger partial charge is 0.393 e. The zero-order valence-corrected chi connectivity index (χ0v) is 17.8. The van der Waals surface area contributed by atoms with Gasteiger partial charge in [0.25, 0.3) is 5.91 Å². The van der Waals surface area contributed by atoms with Gasteiger partial charge in [-0.25, -0.2) is 0 Å². The first-order valence-corrected chi connectivity index (χ1v) is 10.0. The van der Waals surface area contributed by atoms with Gasteiger partial charge in [-0.15, -0.1) is 0 Å². The van der Waals surface area contributed by atoms with E-state index < -0.39 is 6.10 Å². The van der Waals surface area contributed by atoms with Crippen LogP contribution in [0.4, 0.5) is 5.69 Å². The van der Waals surface area contributed by atoms with Crippen LogP contribution in [0.15, 0.2) is 12.1 Å². The van der Waals surface area contributed by atoms with Gasteiger partial charge in [-0.3, -0.25) is 4.79 Å². The molecular weight excluding hydrogens is 340 g/mol. The monoisotopic (exact) mass is 376 g/mol. The Balaban J connectivity index is 2.16. The van der Waals surface area contributed by atoms with Gasteiger partial charge in [0.15, 0.2) is 0 Å². The van der Waals surface area contributed by atoms with Crippen LogP contribution in [0, 0.1) is 12.3 Å². The number of amides is 1. The molecule has 5 nitrogen and oxygen atoms in total. The summed E-state index contributed by atoms with van der Waals surface area (Å²) in [5.74, 6) is 0.205. The molecule has 1 saturated heterocycles. The van der Waals surface area contributed by atoms with Gasteiger partial charge in [0.1, 0.15) is 0 Å². The number of ether oxygens (including phenoxy) is 1. The van der Waals surface area contributed by atoms with Crippen molar-refractivity contribution in [3.05, 3.63) is 28.8 Å². The van der Waals surface area contributed by atoms with Crippen molar-refractivity contribution in [2.45, 2.75) is 60.0 Å². The Morgan fingerprint density at radius 3 is 2.44 bits per heavy atom. The summed E-state index contributed by atoms with van der Waals surface area (Å²) in [6, 6.07) is 4.26. The summed E-state index contributed by atoms with van der Waals surface area (Å²) in [7, 11) is 0. The fourth-order valence-electron chi connectivity index (χ4n) is 3.41. The highest BCUT2D eigenvalue weighted by molar-refractivity contribution is 5.98. The van der Waals surface area contributed by atoms with Crippen LogP contribution >= 0.6 is 0 Å². The fourth-order valence-corrected chi connectivity index (χ4v) is 3.41. The number of aliphatic hydroxyl groups excluding tert-OH is 1. The van der Waals surface area contributed by atoms with E-state index in [2.05, 4.69) is 36.2 Å². The SMILES string of the molecule is Cc1cc(N2CCOCC2)cc(C(C)C)c1C(=O)NCC[C@@H](O)C(C)(C)C. The first kappa shape index (κ1) is 21.7. The first-order chi connectivity index (χ1) is 12.6. The van der Waals surface area contributed by atoms with E-state index in [1.165, 1.54) is 5.69 Å². The summed E-state index contributed by atoms with van der Waals surface area (Å²) >= 11 is 0. The van der Waals surface area contributed by atoms with Crippen molar-refractivity contribution in [1.82, 2.24) is 5.32 Å². The van der Waals surface area contributed by atoms with E-state index in [9.17, 15) is 9.90 Å². The molecule has 1 amide bonds. The summed E-state index contributed by atoms with van der Waals surface area (Å²) in [4.78, 5) is 15.2. The topological polar surface area (TPSA) is 61.8 Å². The summed E-state index contributed by atoms with van der Waals surface area (Å²) in [6.07, 6.45) is 0.115. The van der Waals surface area contributed by atoms with Crippen LogP contribution in [0.5, 0.6) is 0 Å². The maximum absolute atomic E-state index is 12.9. The number of benzene rings is 1. The number of aryl methyl sites for hydroxylation is 1. The van der Waals surface area contributed by atoms with Crippen molar-refractivity contribution in [3.8, 4) is 0 Å². The lowest BCUT2D eigenvalue weighted by Crippen LogP contribution is -2.36. The van der Waals surface area contributed by atoms with Gasteiger partial charge >= 0.3 is 0 Å². The van der Waals surface area contributed by atoms with Gasteiger partial charge in [-0.05, 0) is 47.9 Å². The molecule has 0 aliphatic carbocycles. The molecule has 1 aliphatic heterocycles. The van der Waals surface area contributed by atoms with E-state index in [1.54, 1.807) is 0 Å². The third-order valence-electron chi connectivity index (χ3n) is 5.28. The zero-order valence-electron chi connectivity index (χ0n) is 17.8. The highest BCUT2D eigenvalue weighted by Gasteiger charge is 2.23. The Kier molecular flexibility index (Phi) is 7.29. The number of carbonyl (C=O) groups excluding carboxylic acids is 1. The third-order valence-corrected chi connectivity index (χ3v) is 5.28. The second-order valence-corrected chi connectivity index (χ2v) is 8.91. The molecule has 1 aromatic carbocycles. The lowest BCUT2D eigenvalue weighted by atomic mass is 9.87. The number of nitrogens with one attached hydrogen (secondary N) is 1. The average Bonchev–Trinajstić information content (AvgIpc) is 2.60. The van der Waals surface area contributed by atoms with Gasteiger partial charge in [-0.1, -0.05) is 34.6 Å². The van der Waals surface area contributed by atoms with Gasteiger partial charge in [0.2, 0.25) is 0 Å². The molecule has 1 aliphatic rings. The number of nitrogens with zero attached hydrogens (tertiary/aromatic N) is 1. The van der Waals surface area contributed by atoms with E-state index in [4.69, 9.17) is 4.74 Å². The quantitative estimate of drug-likeness (QED) is 0.798. The Hall–Kier alpha value is -1.59. The highest BCUT2D eigenvalue weighted by atomic mass is 16.5. The van der Waals surface area contributed by atoms with Crippen LogP contribution in [-0.4, -0.2) is 50.0 Å². The molecule has 0 radical (unpaired) electrons. The molecule has 1 atom stereocenters. The summed E-state index contributed by atoms with van der Waals surface area (Å²) < 4.78 is 5.45. The van der Waals surface area contributed by atoms with Gasteiger partial charge in [0, 0.05) is 30.9 Å². The number of rotatable bonds is 6. The van der Waals surface area contributed by atoms with E-state index >= 15 is 0 Å². The molecule has 0 unspecified atom stereocenters. The van der Waals surface area contributed by atoms with Crippen molar-refractivity contribution in [2.24, 2.45) is 5.41 Å². The zero-order chi connectivity index (χ0) is 20.2. The van der Waals surface area contributed by atoms with Crippen molar-refractivity contribution in [3.63, 3.8) is 0 Å². The van der Waals surface area contributed by atoms with Gasteiger partial charge in [0.05, 0.1) is 19.3 Å². The second kappa shape index (κ2) is 9.07.